The standard InChI is InChI=1S/C12H9N3O2/c13-5-9-1-3-10(4-2-9)15-7-11(6-14)17-8-12(15)16/h1-4,11H,7-8H2. The van der Waals surface area contributed by atoms with E-state index < -0.39 is 6.10 Å². The van der Waals surface area contributed by atoms with Gasteiger partial charge in [-0.1, -0.05) is 0 Å². The number of amides is 1. The molecule has 1 unspecified atom stereocenters. The maximum Gasteiger partial charge on any atom is 0.253 e. The van der Waals surface area contributed by atoms with E-state index in [1.807, 2.05) is 12.1 Å². The highest BCUT2D eigenvalue weighted by molar-refractivity contribution is 5.95. The first-order valence-corrected chi connectivity index (χ1v) is 5.06. The zero-order valence-electron chi connectivity index (χ0n) is 8.96. The number of carbonyl (C=O) groups is 1. The molecule has 5 heteroatoms. The Morgan fingerprint density at radius 3 is 2.59 bits per heavy atom. The van der Waals surface area contributed by atoms with Gasteiger partial charge < -0.3 is 9.64 Å². The zero-order valence-corrected chi connectivity index (χ0v) is 8.96. The molecule has 1 amide bonds. The second kappa shape index (κ2) is 4.65. The summed E-state index contributed by atoms with van der Waals surface area (Å²) < 4.78 is 5.03. The predicted octanol–water partition coefficient (Wildman–Crippen LogP) is 0.814. The van der Waals surface area contributed by atoms with E-state index >= 15 is 0 Å². The third-order valence-corrected chi connectivity index (χ3v) is 2.51. The fourth-order valence-corrected chi connectivity index (χ4v) is 1.61. The van der Waals surface area contributed by atoms with Crippen LogP contribution in [0.2, 0.25) is 0 Å². The Bertz CT molecular complexity index is 510. The van der Waals surface area contributed by atoms with Crippen LogP contribution in [0.15, 0.2) is 24.3 Å². The Hall–Kier alpha value is -2.37. The van der Waals surface area contributed by atoms with Crippen molar-refractivity contribution in [2.24, 2.45) is 0 Å². The van der Waals surface area contributed by atoms with Crippen LogP contribution in [0.4, 0.5) is 5.69 Å². The first kappa shape index (κ1) is 11.1. The molecule has 2 rings (SSSR count). The summed E-state index contributed by atoms with van der Waals surface area (Å²) in [4.78, 5) is 13.1. The first-order chi connectivity index (χ1) is 8.24. The van der Waals surface area contributed by atoms with Gasteiger partial charge in [0.25, 0.3) is 5.91 Å². The van der Waals surface area contributed by atoms with E-state index in [-0.39, 0.29) is 19.1 Å². The van der Waals surface area contributed by atoms with Gasteiger partial charge in [-0.25, -0.2) is 0 Å². The minimum atomic E-state index is -0.594. The summed E-state index contributed by atoms with van der Waals surface area (Å²) >= 11 is 0. The highest BCUT2D eigenvalue weighted by atomic mass is 16.5. The lowest BCUT2D eigenvalue weighted by atomic mass is 10.2. The SMILES string of the molecule is N#Cc1ccc(N2CC(C#N)OCC2=O)cc1. The molecule has 0 saturated carbocycles. The molecule has 1 aliphatic rings. The van der Waals surface area contributed by atoms with Gasteiger partial charge in [-0.05, 0) is 24.3 Å². The number of nitrogens with zero attached hydrogens (tertiary/aromatic N) is 3. The maximum atomic E-state index is 11.6. The van der Waals surface area contributed by atoms with E-state index in [2.05, 4.69) is 0 Å². The highest BCUT2D eigenvalue weighted by Crippen LogP contribution is 2.18. The van der Waals surface area contributed by atoms with Gasteiger partial charge in [-0.2, -0.15) is 10.5 Å². The Morgan fingerprint density at radius 1 is 1.29 bits per heavy atom. The van der Waals surface area contributed by atoms with Crippen molar-refractivity contribution < 1.29 is 9.53 Å². The molecule has 1 heterocycles. The lowest BCUT2D eigenvalue weighted by molar-refractivity contribution is -0.127. The van der Waals surface area contributed by atoms with E-state index in [1.165, 1.54) is 4.90 Å². The number of benzene rings is 1. The highest BCUT2D eigenvalue weighted by Gasteiger charge is 2.27. The minimum Gasteiger partial charge on any atom is -0.352 e. The molecule has 1 fully saturated rings. The van der Waals surface area contributed by atoms with E-state index in [4.69, 9.17) is 15.3 Å². The van der Waals surface area contributed by atoms with Gasteiger partial charge >= 0.3 is 0 Å². The first-order valence-electron chi connectivity index (χ1n) is 5.06. The van der Waals surface area contributed by atoms with Crippen LogP contribution in [0.3, 0.4) is 0 Å². The molecule has 0 aromatic heterocycles. The third-order valence-electron chi connectivity index (χ3n) is 2.51. The number of nitriles is 2. The van der Waals surface area contributed by atoms with Crippen LogP contribution in [0.25, 0.3) is 0 Å². The molecule has 5 nitrogen and oxygen atoms in total. The fraction of sp³-hybridized carbons (Fsp3) is 0.250. The quantitative estimate of drug-likeness (QED) is 0.711. The van der Waals surface area contributed by atoms with Gasteiger partial charge in [0.15, 0.2) is 6.10 Å². The van der Waals surface area contributed by atoms with Crippen LogP contribution in [-0.4, -0.2) is 25.2 Å². The third kappa shape index (κ3) is 2.25. The molecule has 1 atom stereocenters. The second-order valence-corrected chi connectivity index (χ2v) is 3.59. The van der Waals surface area contributed by atoms with Crippen LogP contribution >= 0.6 is 0 Å². The van der Waals surface area contributed by atoms with Crippen molar-refractivity contribution in [1.29, 1.82) is 10.5 Å². The normalized spacial score (nSPS) is 19.5. The minimum absolute atomic E-state index is 0.0851. The number of hydrogen-bond acceptors (Lipinski definition) is 4. The van der Waals surface area contributed by atoms with Crippen LogP contribution in [0.5, 0.6) is 0 Å². The Labute approximate surface area is 98.4 Å². The summed E-state index contributed by atoms with van der Waals surface area (Å²) in [5.41, 5.74) is 1.21. The van der Waals surface area contributed by atoms with Gasteiger partial charge in [-0.15, -0.1) is 0 Å². The number of carbonyl (C=O) groups excluding carboxylic acids is 1. The largest absolute Gasteiger partial charge is 0.352 e. The van der Waals surface area contributed by atoms with Crippen molar-refractivity contribution in [3.8, 4) is 12.1 Å². The summed E-state index contributed by atoms with van der Waals surface area (Å²) in [5, 5.41) is 17.4. The second-order valence-electron chi connectivity index (χ2n) is 3.59. The van der Waals surface area contributed by atoms with Crippen LogP contribution < -0.4 is 4.90 Å². The molecule has 0 aliphatic carbocycles. The number of rotatable bonds is 1. The maximum absolute atomic E-state index is 11.6. The van der Waals surface area contributed by atoms with Gasteiger partial charge in [0.2, 0.25) is 0 Å². The van der Waals surface area contributed by atoms with E-state index in [1.54, 1.807) is 24.3 Å². The molecule has 17 heavy (non-hydrogen) atoms. The average molecular weight is 227 g/mol. The average Bonchev–Trinajstić information content (AvgIpc) is 2.39. The Morgan fingerprint density at radius 2 is 2.00 bits per heavy atom. The zero-order chi connectivity index (χ0) is 12.3. The molecule has 0 bridgehead atoms. The van der Waals surface area contributed by atoms with Crippen molar-refractivity contribution >= 4 is 11.6 Å². The molecule has 1 aromatic carbocycles. The molecule has 0 N–H and O–H groups in total. The summed E-state index contributed by atoms with van der Waals surface area (Å²) in [6.07, 6.45) is -0.594. The molecular formula is C12H9N3O2. The number of hydrogen-bond donors (Lipinski definition) is 0. The van der Waals surface area contributed by atoms with Crippen LogP contribution in [0, 0.1) is 22.7 Å². The lowest BCUT2D eigenvalue weighted by Crippen LogP contribution is -2.46. The Kier molecular flexibility index (Phi) is 3.04. The summed E-state index contributed by atoms with van der Waals surface area (Å²) in [6, 6.07) is 10.6. The molecule has 84 valence electrons. The van der Waals surface area contributed by atoms with E-state index in [0.29, 0.717) is 11.3 Å². The Balaban J connectivity index is 2.22. The molecule has 0 radical (unpaired) electrons. The van der Waals surface area contributed by atoms with E-state index in [9.17, 15) is 4.79 Å². The van der Waals surface area contributed by atoms with E-state index in [0.717, 1.165) is 0 Å². The number of morpholine rings is 1. The van der Waals surface area contributed by atoms with Crippen molar-refractivity contribution in [2.75, 3.05) is 18.1 Å². The van der Waals surface area contributed by atoms with Gasteiger partial charge in [0.1, 0.15) is 6.61 Å². The predicted molar refractivity (Wildman–Crippen MR) is 58.9 cm³/mol. The number of ether oxygens (including phenoxy) is 1. The molecular weight excluding hydrogens is 218 g/mol. The monoisotopic (exact) mass is 227 g/mol. The molecule has 1 aliphatic heterocycles. The van der Waals surface area contributed by atoms with Crippen molar-refractivity contribution in [3.63, 3.8) is 0 Å². The lowest BCUT2D eigenvalue weighted by Gasteiger charge is -2.29. The fourth-order valence-electron chi connectivity index (χ4n) is 1.61. The number of anilines is 1. The van der Waals surface area contributed by atoms with Crippen molar-refractivity contribution in [3.05, 3.63) is 29.8 Å². The summed E-state index contributed by atoms with van der Waals surface area (Å²) in [5.74, 6) is -0.179. The summed E-state index contributed by atoms with van der Waals surface area (Å²) in [6.45, 7) is 0.138. The van der Waals surface area contributed by atoms with Gasteiger partial charge in [-0.3, -0.25) is 4.79 Å². The van der Waals surface area contributed by atoms with Gasteiger partial charge in [0, 0.05) is 5.69 Å². The molecule has 0 spiro atoms. The summed E-state index contributed by atoms with van der Waals surface area (Å²) in [7, 11) is 0. The molecule has 1 aromatic rings. The van der Waals surface area contributed by atoms with Crippen molar-refractivity contribution in [1.82, 2.24) is 0 Å². The van der Waals surface area contributed by atoms with Crippen molar-refractivity contribution in [2.45, 2.75) is 6.10 Å². The van der Waals surface area contributed by atoms with Gasteiger partial charge in [0.05, 0.1) is 24.2 Å². The molecule has 1 saturated heterocycles. The van der Waals surface area contributed by atoms with Crippen LogP contribution in [-0.2, 0) is 9.53 Å². The smallest absolute Gasteiger partial charge is 0.253 e. The topological polar surface area (TPSA) is 77.1 Å². The van der Waals surface area contributed by atoms with Crippen LogP contribution in [0.1, 0.15) is 5.56 Å².